The Bertz CT molecular complexity index is 1040. The molecule has 0 aliphatic rings. The van der Waals surface area contributed by atoms with Crippen LogP contribution in [0, 0.1) is 0 Å². The van der Waals surface area contributed by atoms with Gasteiger partial charge in [0.25, 0.3) is 0 Å². The van der Waals surface area contributed by atoms with Crippen LogP contribution in [0.5, 0.6) is 5.75 Å². The normalized spacial score (nSPS) is 12.0. The van der Waals surface area contributed by atoms with E-state index in [0.29, 0.717) is 10.5 Å². The highest BCUT2D eigenvalue weighted by Crippen LogP contribution is 2.36. The van der Waals surface area contributed by atoms with Crippen LogP contribution in [-0.4, -0.2) is 15.1 Å². The summed E-state index contributed by atoms with van der Waals surface area (Å²) in [5.74, 6) is 0.166. The van der Waals surface area contributed by atoms with E-state index in [9.17, 15) is 5.11 Å². The van der Waals surface area contributed by atoms with Crippen LogP contribution in [0.15, 0.2) is 79.3 Å². The fourth-order valence-corrected chi connectivity index (χ4v) is 3.11. The van der Waals surface area contributed by atoms with Crippen LogP contribution in [0.25, 0.3) is 10.9 Å². The SMILES string of the molecule is Oc1c([C@@H](Nc2cccnc2)c2ccc(Cl)cc2)ccc2cccnc12. The summed E-state index contributed by atoms with van der Waals surface area (Å²) in [5.41, 5.74) is 3.15. The van der Waals surface area contributed by atoms with Crippen molar-refractivity contribution in [2.45, 2.75) is 6.04 Å². The molecule has 5 heteroatoms. The Hall–Kier alpha value is -3.11. The quantitative estimate of drug-likeness (QED) is 0.525. The Morgan fingerprint density at radius 1 is 0.923 bits per heavy atom. The van der Waals surface area contributed by atoms with Gasteiger partial charge in [0, 0.05) is 34.6 Å². The Morgan fingerprint density at radius 3 is 2.50 bits per heavy atom. The van der Waals surface area contributed by atoms with Crippen molar-refractivity contribution in [2.24, 2.45) is 0 Å². The van der Waals surface area contributed by atoms with E-state index < -0.39 is 0 Å². The summed E-state index contributed by atoms with van der Waals surface area (Å²) in [6, 6.07) is 18.8. The van der Waals surface area contributed by atoms with E-state index in [1.807, 2.05) is 60.7 Å². The van der Waals surface area contributed by atoms with Gasteiger partial charge in [-0.3, -0.25) is 9.97 Å². The highest BCUT2D eigenvalue weighted by Gasteiger charge is 2.20. The molecular formula is C21H16ClN3O. The van der Waals surface area contributed by atoms with Gasteiger partial charge in [0.2, 0.25) is 0 Å². The van der Waals surface area contributed by atoms with Crippen molar-refractivity contribution in [1.82, 2.24) is 9.97 Å². The van der Waals surface area contributed by atoms with Crippen molar-refractivity contribution >= 4 is 28.2 Å². The van der Waals surface area contributed by atoms with Crippen LogP contribution in [0.3, 0.4) is 0 Å². The molecule has 2 aromatic carbocycles. The van der Waals surface area contributed by atoms with Crippen molar-refractivity contribution in [2.75, 3.05) is 5.32 Å². The van der Waals surface area contributed by atoms with E-state index >= 15 is 0 Å². The number of nitrogens with one attached hydrogen (secondary N) is 1. The smallest absolute Gasteiger partial charge is 0.147 e. The molecule has 0 radical (unpaired) electrons. The van der Waals surface area contributed by atoms with Crippen molar-refractivity contribution in [3.8, 4) is 5.75 Å². The van der Waals surface area contributed by atoms with Crippen LogP contribution in [-0.2, 0) is 0 Å². The molecule has 4 aromatic rings. The molecule has 128 valence electrons. The van der Waals surface area contributed by atoms with E-state index in [2.05, 4.69) is 15.3 Å². The van der Waals surface area contributed by atoms with Crippen molar-refractivity contribution < 1.29 is 5.11 Å². The lowest BCUT2D eigenvalue weighted by Gasteiger charge is -2.22. The fraction of sp³-hybridized carbons (Fsp3) is 0.0476. The van der Waals surface area contributed by atoms with Gasteiger partial charge in [-0.2, -0.15) is 0 Å². The average molecular weight is 362 g/mol. The number of pyridine rings is 2. The third-order valence-corrected chi connectivity index (χ3v) is 4.52. The molecule has 0 spiro atoms. The third-order valence-electron chi connectivity index (χ3n) is 4.27. The minimum atomic E-state index is -0.275. The number of phenols is 1. The highest BCUT2D eigenvalue weighted by atomic mass is 35.5. The van der Waals surface area contributed by atoms with Gasteiger partial charge < -0.3 is 10.4 Å². The van der Waals surface area contributed by atoms with Crippen LogP contribution in [0.1, 0.15) is 17.2 Å². The molecule has 0 unspecified atom stereocenters. The first-order valence-corrected chi connectivity index (χ1v) is 8.59. The van der Waals surface area contributed by atoms with Gasteiger partial charge in [-0.1, -0.05) is 41.9 Å². The zero-order valence-electron chi connectivity index (χ0n) is 13.8. The highest BCUT2D eigenvalue weighted by molar-refractivity contribution is 6.30. The van der Waals surface area contributed by atoms with Crippen LogP contribution >= 0.6 is 11.6 Å². The summed E-state index contributed by atoms with van der Waals surface area (Å²) in [4.78, 5) is 8.48. The standard InChI is InChI=1S/C21H16ClN3O/c22-16-8-5-15(6-9-16)19(25-17-4-2-11-23-13-17)18-10-7-14-3-1-12-24-20(14)21(18)26/h1-13,19,25-26H/t19-/m0/s1. The molecule has 0 saturated heterocycles. The number of benzene rings is 2. The first-order valence-electron chi connectivity index (χ1n) is 8.21. The third kappa shape index (κ3) is 3.19. The summed E-state index contributed by atoms with van der Waals surface area (Å²) in [6.07, 6.45) is 5.15. The zero-order chi connectivity index (χ0) is 17.9. The van der Waals surface area contributed by atoms with Gasteiger partial charge in [0.1, 0.15) is 11.3 Å². The van der Waals surface area contributed by atoms with E-state index in [0.717, 1.165) is 22.2 Å². The maximum Gasteiger partial charge on any atom is 0.147 e. The number of hydrogen-bond acceptors (Lipinski definition) is 4. The molecule has 0 aliphatic carbocycles. The van der Waals surface area contributed by atoms with E-state index in [4.69, 9.17) is 11.6 Å². The number of nitrogens with zero attached hydrogens (tertiary/aromatic N) is 2. The average Bonchev–Trinajstić information content (AvgIpc) is 2.69. The van der Waals surface area contributed by atoms with Gasteiger partial charge in [-0.05, 0) is 35.9 Å². The molecule has 0 aliphatic heterocycles. The number of phenolic OH excluding ortho intramolecular Hbond substituents is 1. The maximum atomic E-state index is 10.9. The molecule has 2 N–H and O–H groups in total. The molecule has 0 bridgehead atoms. The zero-order valence-corrected chi connectivity index (χ0v) is 14.6. The van der Waals surface area contributed by atoms with Crippen molar-refractivity contribution in [3.63, 3.8) is 0 Å². The minimum Gasteiger partial charge on any atom is -0.505 e. The predicted molar refractivity (Wildman–Crippen MR) is 105 cm³/mol. The largest absolute Gasteiger partial charge is 0.505 e. The lowest BCUT2D eigenvalue weighted by molar-refractivity contribution is 0.472. The number of rotatable bonds is 4. The molecular weight excluding hydrogens is 346 g/mol. The van der Waals surface area contributed by atoms with E-state index in [-0.39, 0.29) is 11.8 Å². The van der Waals surface area contributed by atoms with Gasteiger partial charge in [-0.15, -0.1) is 0 Å². The molecule has 2 heterocycles. The van der Waals surface area contributed by atoms with Gasteiger partial charge in [0.15, 0.2) is 0 Å². The summed E-state index contributed by atoms with van der Waals surface area (Å²) in [5, 5.41) is 15.9. The molecule has 0 amide bonds. The maximum absolute atomic E-state index is 10.9. The Balaban J connectivity index is 1.84. The first-order chi connectivity index (χ1) is 12.7. The fourth-order valence-electron chi connectivity index (χ4n) is 2.99. The number of halogens is 1. The first kappa shape index (κ1) is 16.4. The number of fused-ring (bicyclic) bond motifs is 1. The second-order valence-electron chi connectivity index (χ2n) is 5.95. The summed E-state index contributed by atoms with van der Waals surface area (Å²) < 4.78 is 0. The molecule has 4 nitrogen and oxygen atoms in total. The van der Waals surface area contributed by atoms with Crippen LogP contribution < -0.4 is 5.32 Å². The monoisotopic (exact) mass is 361 g/mol. The van der Waals surface area contributed by atoms with Gasteiger partial charge >= 0.3 is 0 Å². The van der Waals surface area contributed by atoms with Crippen molar-refractivity contribution in [3.05, 3.63) is 95.4 Å². The lowest BCUT2D eigenvalue weighted by atomic mass is 9.96. The topological polar surface area (TPSA) is 58.0 Å². The molecule has 1 atom stereocenters. The van der Waals surface area contributed by atoms with Crippen LogP contribution in [0.4, 0.5) is 5.69 Å². The molecule has 0 saturated carbocycles. The van der Waals surface area contributed by atoms with E-state index in [1.54, 1.807) is 18.6 Å². The van der Waals surface area contributed by atoms with Gasteiger partial charge in [-0.25, -0.2) is 0 Å². The summed E-state index contributed by atoms with van der Waals surface area (Å²) in [7, 11) is 0. The van der Waals surface area contributed by atoms with Crippen molar-refractivity contribution in [1.29, 1.82) is 0 Å². The molecule has 0 fully saturated rings. The minimum absolute atomic E-state index is 0.166. The molecule has 2 aromatic heterocycles. The Labute approximate surface area is 156 Å². The van der Waals surface area contributed by atoms with E-state index in [1.165, 1.54) is 0 Å². The summed E-state index contributed by atoms with van der Waals surface area (Å²) in [6.45, 7) is 0. The van der Waals surface area contributed by atoms with Gasteiger partial charge in [0.05, 0.1) is 11.7 Å². The second kappa shape index (κ2) is 7.02. The molecule has 26 heavy (non-hydrogen) atoms. The Kier molecular flexibility index (Phi) is 4.42. The van der Waals surface area contributed by atoms with Crippen LogP contribution in [0.2, 0.25) is 5.02 Å². The number of aromatic nitrogens is 2. The summed E-state index contributed by atoms with van der Waals surface area (Å²) >= 11 is 6.04. The second-order valence-corrected chi connectivity index (χ2v) is 6.39. The molecule has 4 rings (SSSR count). The number of anilines is 1. The number of aromatic hydroxyl groups is 1. The Morgan fingerprint density at radius 2 is 1.73 bits per heavy atom. The number of hydrogen-bond donors (Lipinski definition) is 2. The predicted octanol–water partition coefficient (Wildman–Crippen LogP) is 5.19. The lowest BCUT2D eigenvalue weighted by Crippen LogP contribution is -2.13.